The van der Waals surface area contributed by atoms with E-state index in [2.05, 4.69) is 20.9 Å². The van der Waals surface area contributed by atoms with Gasteiger partial charge in [0.1, 0.15) is 5.52 Å². The van der Waals surface area contributed by atoms with Crippen LogP contribution in [0.2, 0.25) is 0 Å². The summed E-state index contributed by atoms with van der Waals surface area (Å²) in [5.74, 6) is 1.02. The third kappa shape index (κ3) is 1.40. The monoisotopic (exact) mass is 278 g/mol. The molecule has 2 N–H and O–H groups in total. The van der Waals surface area contributed by atoms with E-state index < -0.39 is 0 Å². The molecule has 0 fully saturated rings. The molecule has 0 unspecified atom stereocenters. The summed E-state index contributed by atoms with van der Waals surface area (Å²) in [5, 5.41) is 0. The van der Waals surface area contributed by atoms with E-state index in [1.165, 1.54) is 0 Å². The summed E-state index contributed by atoms with van der Waals surface area (Å²) in [6.07, 6.45) is 1.57. The van der Waals surface area contributed by atoms with Crippen molar-refractivity contribution in [1.29, 1.82) is 0 Å². The minimum absolute atomic E-state index is 0.435. The van der Waals surface area contributed by atoms with Crippen LogP contribution >= 0.6 is 15.9 Å². The molecule has 0 amide bonds. The van der Waals surface area contributed by atoms with Gasteiger partial charge in [-0.2, -0.15) is 0 Å². The molecule has 2 aromatic heterocycles. The van der Waals surface area contributed by atoms with Crippen LogP contribution in [0, 0.1) is 0 Å². The van der Waals surface area contributed by atoms with Crippen molar-refractivity contribution in [3.8, 4) is 11.7 Å². The molecule has 80 valence electrons. The molecule has 3 rings (SSSR count). The molecule has 0 radical (unpaired) electrons. The maximum Gasteiger partial charge on any atom is 0.264 e. The molecule has 0 aliphatic rings. The third-order valence-electron chi connectivity index (χ3n) is 2.22. The number of rotatable bonds is 1. The fourth-order valence-electron chi connectivity index (χ4n) is 1.53. The number of aromatic nitrogens is 1. The predicted molar refractivity (Wildman–Crippen MR) is 63.8 cm³/mol. The summed E-state index contributed by atoms with van der Waals surface area (Å²) in [6.45, 7) is 0. The van der Waals surface area contributed by atoms with Crippen molar-refractivity contribution in [2.24, 2.45) is 0 Å². The van der Waals surface area contributed by atoms with Crippen molar-refractivity contribution in [3.05, 3.63) is 35.0 Å². The van der Waals surface area contributed by atoms with Gasteiger partial charge in [-0.15, -0.1) is 0 Å². The molecule has 0 bridgehead atoms. The fraction of sp³-hybridized carbons (Fsp3) is 0. The van der Waals surface area contributed by atoms with Crippen molar-refractivity contribution in [2.75, 3.05) is 5.73 Å². The van der Waals surface area contributed by atoms with E-state index in [4.69, 9.17) is 14.6 Å². The number of nitrogens with two attached hydrogens (primary N) is 1. The number of anilines is 1. The van der Waals surface area contributed by atoms with E-state index in [-0.39, 0.29) is 0 Å². The van der Waals surface area contributed by atoms with E-state index in [9.17, 15) is 0 Å². The number of nitrogens with zero attached hydrogens (tertiary/aromatic N) is 1. The Morgan fingerprint density at radius 1 is 1.31 bits per heavy atom. The average molecular weight is 279 g/mol. The van der Waals surface area contributed by atoms with Crippen LogP contribution in [-0.2, 0) is 0 Å². The first-order chi connectivity index (χ1) is 7.74. The summed E-state index contributed by atoms with van der Waals surface area (Å²) >= 11 is 3.36. The first-order valence-corrected chi connectivity index (χ1v) is 5.43. The SMILES string of the molecule is Nc1cc(Br)cc2nc(-c3ccco3)oc12. The molecule has 0 saturated heterocycles. The van der Waals surface area contributed by atoms with Gasteiger partial charge in [0.15, 0.2) is 11.3 Å². The van der Waals surface area contributed by atoms with Gasteiger partial charge in [0.05, 0.1) is 12.0 Å². The smallest absolute Gasteiger partial charge is 0.264 e. The Labute approximate surface area is 99.2 Å². The van der Waals surface area contributed by atoms with Gasteiger partial charge in [-0.25, -0.2) is 4.98 Å². The van der Waals surface area contributed by atoms with E-state index in [1.54, 1.807) is 24.5 Å². The first kappa shape index (κ1) is 9.47. The zero-order valence-corrected chi connectivity index (χ0v) is 9.69. The fourth-order valence-corrected chi connectivity index (χ4v) is 1.99. The number of nitrogen functional groups attached to an aromatic ring is 1. The zero-order chi connectivity index (χ0) is 11.1. The van der Waals surface area contributed by atoms with Crippen molar-refractivity contribution >= 4 is 32.7 Å². The van der Waals surface area contributed by atoms with E-state index >= 15 is 0 Å². The number of benzene rings is 1. The Bertz CT molecular complexity index is 643. The Kier molecular flexibility index (Phi) is 2.00. The average Bonchev–Trinajstić information content (AvgIpc) is 2.82. The van der Waals surface area contributed by atoms with Gasteiger partial charge in [0, 0.05) is 4.47 Å². The first-order valence-electron chi connectivity index (χ1n) is 4.63. The lowest BCUT2D eigenvalue weighted by molar-refractivity contribution is 0.535. The minimum atomic E-state index is 0.435. The van der Waals surface area contributed by atoms with Crippen molar-refractivity contribution < 1.29 is 8.83 Å². The van der Waals surface area contributed by atoms with E-state index in [1.807, 2.05) is 6.07 Å². The lowest BCUT2D eigenvalue weighted by Gasteiger charge is -1.93. The van der Waals surface area contributed by atoms with E-state index in [0.29, 0.717) is 28.4 Å². The normalized spacial score (nSPS) is 11.1. The predicted octanol–water partition coefficient (Wildman–Crippen LogP) is 3.43. The van der Waals surface area contributed by atoms with Gasteiger partial charge in [-0.1, -0.05) is 15.9 Å². The van der Waals surface area contributed by atoms with Gasteiger partial charge in [0.25, 0.3) is 5.89 Å². The maximum atomic E-state index is 5.83. The van der Waals surface area contributed by atoms with Crippen LogP contribution in [-0.4, -0.2) is 4.98 Å². The van der Waals surface area contributed by atoms with Gasteiger partial charge in [-0.3, -0.25) is 0 Å². The molecule has 0 spiro atoms. The van der Waals surface area contributed by atoms with Gasteiger partial charge in [0.2, 0.25) is 0 Å². The quantitative estimate of drug-likeness (QED) is 0.693. The maximum absolute atomic E-state index is 5.83. The number of hydrogen-bond donors (Lipinski definition) is 1. The minimum Gasteiger partial charge on any atom is -0.459 e. The Morgan fingerprint density at radius 3 is 2.94 bits per heavy atom. The molecule has 5 heteroatoms. The van der Waals surface area contributed by atoms with Crippen LogP contribution in [0.5, 0.6) is 0 Å². The number of fused-ring (bicyclic) bond motifs is 1. The van der Waals surface area contributed by atoms with Crippen LogP contribution < -0.4 is 5.73 Å². The Balaban J connectivity index is 2.27. The van der Waals surface area contributed by atoms with Crippen molar-refractivity contribution in [1.82, 2.24) is 4.98 Å². The number of oxazole rings is 1. The second kappa shape index (κ2) is 3.38. The second-order valence-corrected chi connectivity index (χ2v) is 4.26. The molecule has 2 heterocycles. The molecule has 1 aromatic carbocycles. The zero-order valence-electron chi connectivity index (χ0n) is 8.11. The molecule has 3 aromatic rings. The molecular formula is C11H7BrN2O2. The van der Waals surface area contributed by atoms with Crippen LogP contribution in [0.15, 0.2) is 43.8 Å². The summed E-state index contributed by atoms with van der Waals surface area (Å²) in [4.78, 5) is 4.31. The molecule has 0 aliphatic heterocycles. The molecule has 16 heavy (non-hydrogen) atoms. The molecule has 0 saturated carbocycles. The highest BCUT2D eigenvalue weighted by atomic mass is 79.9. The summed E-state index contributed by atoms with van der Waals surface area (Å²) in [7, 11) is 0. The van der Waals surface area contributed by atoms with Crippen LogP contribution in [0.1, 0.15) is 0 Å². The molecule has 0 aliphatic carbocycles. The largest absolute Gasteiger partial charge is 0.459 e. The lowest BCUT2D eigenvalue weighted by atomic mass is 10.3. The molecular weight excluding hydrogens is 272 g/mol. The standard InChI is InChI=1S/C11H7BrN2O2/c12-6-4-7(13)10-8(5-6)14-11(16-10)9-2-1-3-15-9/h1-5H,13H2. The van der Waals surface area contributed by atoms with Gasteiger partial charge < -0.3 is 14.6 Å². The van der Waals surface area contributed by atoms with Crippen molar-refractivity contribution in [2.45, 2.75) is 0 Å². The second-order valence-electron chi connectivity index (χ2n) is 3.34. The number of hydrogen-bond acceptors (Lipinski definition) is 4. The Hall–Kier alpha value is -1.75. The number of halogens is 1. The number of furan rings is 1. The highest BCUT2D eigenvalue weighted by Gasteiger charge is 2.12. The van der Waals surface area contributed by atoms with Gasteiger partial charge in [-0.05, 0) is 24.3 Å². The Morgan fingerprint density at radius 2 is 2.19 bits per heavy atom. The third-order valence-corrected chi connectivity index (χ3v) is 2.67. The summed E-state index contributed by atoms with van der Waals surface area (Å²) in [6, 6.07) is 7.19. The van der Waals surface area contributed by atoms with Gasteiger partial charge >= 0.3 is 0 Å². The molecule has 4 nitrogen and oxygen atoms in total. The summed E-state index contributed by atoms with van der Waals surface area (Å²) in [5.41, 5.74) is 7.67. The molecule has 0 atom stereocenters. The van der Waals surface area contributed by atoms with Crippen molar-refractivity contribution in [3.63, 3.8) is 0 Å². The summed E-state index contributed by atoms with van der Waals surface area (Å²) < 4.78 is 11.6. The highest BCUT2D eigenvalue weighted by Crippen LogP contribution is 2.30. The van der Waals surface area contributed by atoms with Crippen LogP contribution in [0.3, 0.4) is 0 Å². The topological polar surface area (TPSA) is 65.2 Å². The van der Waals surface area contributed by atoms with Crippen LogP contribution in [0.4, 0.5) is 5.69 Å². The lowest BCUT2D eigenvalue weighted by Crippen LogP contribution is -1.84. The highest BCUT2D eigenvalue weighted by molar-refractivity contribution is 9.10. The van der Waals surface area contributed by atoms with E-state index in [0.717, 1.165) is 4.47 Å². The van der Waals surface area contributed by atoms with Crippen LogP contribution in [0.25, 0.3) is 22.8 Å².